The minimum Gasteiger partial charge on any atom is -0.389 e. The number of thioether (sulfide) groups is 1. The number of rotatable bonds is 5. The Morgan fingerprint density at radius 3 is 2.57 bits per heavy atom. The summed E-state index contributed by atoms with van der Waals surface area (Å²) in [4.78, 5) is 13.3. The smallest absolute Gasteiger partial charge is 0.234 e. The summed E-state index contributed by atoms with van der Waals surface area (Å²) >= 11 is 9.81. The van der Waals surface area contributed by atoms with Gasteiger partial charge < -0.3 is 11.1 Å². The fourth-order valence-corrected chi connectivity index (χ4v) is 2.95. The van der Waals surface area contributed by atoms with E-state index in [1.54, 1.807) is 18.2 Å². The van der Waals surface area contributed by atoms with E-state index in [-0.39, 0.29) is 5.91 Å². The Balaban J connectivity index is 1.95. The fourth-order valence-electron chi connectivity index (χ4n) is 1.62. The third-order valence-corrected chi connectivity index (χ3v) is 4.54. The summed E-state index contributed by atoms with van der Waals surface area (Å²) < 4.78 is 0.755. The van der Waals surface area contributed by atoms with Crippen LogP contribution >= 0.6 is 39.9 Å². The highest BCUT2D eigenvalue weighted by atomic mass is 79.9. The van der Waals surface area contributed by atoms with E-state index in [0.29, 0.717) is 16.4 Å². The average Bonchev–Trinajstić information content (AvgIpc) is 2.48. The summed E-state index contributed by atoms with van der Waals surface area (Å²) in [6.07, 6.45) is 0. The Hall–Kier alpha value is -1.37. The van der Waals surface area contributed by atoms with Gasteiger partial charge in [-0.2, -0.15) is 0 Å². The average molecular weight is 381 g/mol. The predicted molar refractivity (Wildman–Crippen MR) is 95.8 cm³/mol. The second-order valence-electron chi connectivity index (χ2n) is 4.21. The monoisotopic (exact) mass is 380 g/mol. The number of benzene rings is 2. The Morgan fingerprint density at radius 1 is 1.24 bits per heavy atom. The van der Waals surface area contributed by atoms with E-state index < -0.39 is 0 Å². The molecular formula is C15H13BrN2OS2. The molecule has 6 heteroatoms. The molecule has 2 aromatic rings. The Morgan fingerprint density at radius 2 is 1.95 bits per heavy atom. The van der Waals surface area contributed by atoms with Gasteiger partial charge in [-0.3, -0.25) is 4.79 Å². The van der Waals surface area contributed by atoms with Gasteiger partial charge >= 0.3 is 0 Å². The molecule has 0 unspecified atom stereocenters. The number of carbonyl (C=O) groups excluding carboxylic acids is 1. The molecule has 0 atom stereocenters. The summed E-state index contributed by atoms with van der Waals surface area (Å²) in [6, 6.07) is 15.2. The maximum atomic E-state index is 12.0. The second-order valence-corrected chi connectivity index (χ2v) is 6.55. The van der Waals surface area contributed by atoms with E-state index in [0.717, 1.165) is 14.9 Å². The number of anilines is 1. The topological polar surface area (TPSA) is 55.1 Å². The lowest BCUT2D eigenvalue weighted by Crippen LogP contribution is -2.15. The quantitative estimate of drug-likeness (QED) is 0.611. The zero-order valence-electron chi connectivity index (χ0n) is 11.0. The first-order chi connectivity index (χ1) is 10.1. The molecule has 2 rings (SSSR count). The van der Waals surface area contributed by atoms with Crippen molar-refractivity contribution in [3.63, 3.8) is 0 Å². The number of amides is 1. The Labute approximate surface area is 141 Å². The first-order valence-electron chi connectivity index (χ1n) is 6.13. The zero-order valence-corrected chi connectivity index (χ0v) is 14.2. The lowest BCUT2D eigenvalue weighted by molar-refractivity contribution is -0.113. The molecule has 0 aliphatic rings. The van der Waals surface area contributed by atoms with Crippen LogP contribution < -0.4 is 11.1 Å². The third-order valence-electron chi connectivity index (χ3n) is 2.64. The van der Waals surface area contributed by atoms with Crippen LogP contribution in [0.1, 0.15) is 5.56 Å². The molecule has 21 heavy (non-hydrogen) atoms. The van der Waals surface area contributed by atoms with Crippen molar-refractivity contribution in [2.24, 2.45) is 5.73 Å². The molecule has 3 N–H and O–H groups in total. The van der Waals surface area contributed by atoms with Crippen molar-refractivity contribution >= 4 is 56.5 Å². The van der Waals surface area contributed by atoms with Crippen molar-refractivity contribution in [1.29, 1.82) is 0 Å². The molecular weight excluding hydrogens is 368 g/mol. The Kier molecular flexibility index (Phi) is 5.78. The van der Waals surface area contributed by atoms with Crippen LogP contribution in [0.3, 0.4) is 0 Å². The van der Waals surface area contributed by atoms with Gasteiger partial charge in [-0.15, -0.1) is 11.8 Å². The number of carbonyl (C=O) groups is 1. The molecule has 0 aliphatic heterocycles. The van der Waals surface area contributed by atoms with Crippen molar-refractivity contribution in [3.8, 4) is 0 Å². The van der Waals surface area contributed by atoms with Gasteiger partial charge in [-0.05, 0) is 46.3 Å². The minimum absolute atomic E-state index is 0.0624. The molecule has 0 saturated carbocycles. The first kappa shape index (κ1) is 16.0. The van der Waals surface area contributed by atoms with Crippen LogP contribution in [0.25, 0.3) is 0 Å². The normalized spacial score (nSPS) is 10.1. The van der Waals surface area contributed by atoms with Gasteiger partial charge in [0.05, 0.1) is 11.4 Å². The molecule has 0 saturated heterocycles. The van der Waals surface area contributed by atoms with Gasteiger partial charge in [0.1, 0.15) is 4.99 Å². The standard InChI is InChI=1S/C15H13BrN2OS2/c16-12-8-10(15(17)20)6-7-13(12)18-14(19)9-21-11-4-2-1-3-5-11/h1-8H,9H2,(H2,17,20)(H,18,19). The lowest BCUT2D eigenvalue weighted by atomic mass is 10.2. The number of thiocarbonyl (C=S) groups is 1. The van der Waals surface area contributed by atoms with Crippen LogP contribution in [0.2, 0.25) is 0 Å². The Bertz CT molecular complexity index is 662. The van der Waals surface area contributed by atoms with Crippen LogP contribution in [-0.4, -0.2) is 16.6 Å². The van der Waals surface area contributed by atoms with Crippen LogP contribution in [0.4, 0.5) is 5.69 Å². The third kappa shape index (κ3) is 4.84. The van der Waals surface area contributed by atoms with Crippen LogP contribution in [0, 0.1) is 0 Å². The van der Waals surface area contributed by atoms with Crippen LogP contribution in [0.15, 0.2) is 57.9 Å². The molecule has 0 radical (unpaired) electrons. The predicted octanol–water partition coefficient (Wildman–Crippen LogP) is 3.81. The highest BCUT2D eigenvalue weighted by molar-refractivity contribution is 9.10. The number of hydrogen-bond acceptors (Lipinski definition) is 3. The van der Waals surface area contributed by atoms with E-state index in [2.05, 4.69) is 21.2 Å². The molecule has 3 nitrogen and oxygen atoms in total. The fraction of sp³-hybridized carbons (Fsp3) is 0.0667. The van der Waals surface area contributed by atoms with Crippen molar-refractivity contribution in [3.05, 3.63) is 58.6 Å². The highest BCUT2D eigenvalue weighted by Gasteiger charge is 2.08. The highest BCUT2D eigenvalue weighted by Crippen LogP contribution is 2.24. The summed E-state index contributed by atoms with van der Waals surface area (Å²) in [6.45, 7) is 0. The number of nitrogens with one attached hydrogen (secondary N) is 1. The molecule has 0 aliphatic carbocycles. The summed E-state index contributed by atoms with van der Waals surface area (Å²) in [5.41, 5.74) is 7.03. The van der Waals surface area contributed by atoms with Gasteiger partial charge in [-0.25, -0.2) is 0 Å². The summed E-state index contributed by atoms with van der Waals surface area (Å²) in [5, 5.41) is 2.86. The van der Waals surface area contributed by atoms with Gasteiger partial charge in [0.2, 0.25) is 5.91 Å². The SMILES string of the molecule is NC(=S)c1ccc(NC(=O)CSc2ccccc2)c(Br)c1. The number of nitrogens with two attached hydrogens (primary N) is 1. The largest absolute Gasteiger partial charge is 0.389 e. The molecule has 0 heterocycles. The van der Waals surface area contributed by atoms with E-state index >= 15 is 0 Å². The number of halogens is 1. The van der Waals surface area contributed by atoms with E-state index in [9.17, 15) is 4.79 Å². The molecule has 0 aromatic heterocycles. The lowest BCUT2D eigenvalue weighted by Gasteiger charge is -2.09. The molecule has 1 amide bonds. The summed E-state index contributed by atoms with van der Waals surface area (Å²) in [5.74, 6) is 0.292. The van der Waals surface area contributed by atoms with Crippen molar-refractivity contribution in [2.75, 3.05) is 11.1 Å². The van der Waals surface area contributed by atoms with Gasteiger partial charge in [-0.1, -0.05) is 30.4 Å². The molecule has 108 valence electrons. The van der Waals surface area contributed by atoms with Gasteiger partial charge in [0.15, 0.2) is 0 Å². The van der Waals surface area contributed by atoms with E-state index in [1.165, 1.54) is 11.8 Å². The van der Waals surface area contributed by atoms with Crippen molar-refractivity contribution in [2.45, 2.75) is 4.90 Å². The molecule has 0 bridgehead atoms. The summed E-state index contributed by atoms with van der Waals surface area (Å²) in [7, 11) is 0. The van der Waals surface area contributed by atoms with E-state index in [1.807, 2.05) is 30.3 Å². The first-order valence-corrected chi connectivity index (χ1v) is 8.32. The maximum Gasteiger partial charge on any atom is 0.234 e. The molecule has 0 spiro atoms. The second kappa shape index (κ2) is 7.59. The van der Waals surface area contributed by atoms with Gasteiger partial charge in [0, 0.05) is 14.9 Å². The van der Waals surface area contributed by atoms with Crippen molar-refractivity contribution in [1.82, 2.24) is 0 Å². The minimum atomic E-state index is -0.0624. The van der Waals surface area contributed by atoms with E-state index in [4.69, 9.17) is 18.0 Å². The van der Waals surface area contributed by atoms with Crippen LogP contribution in [-0.2, 0) is 4.79 Å². The maximum absolute atomic E-state index is 12.0. The molecule has 0 fully saturated rings. The number of hydrogen-bond donors (Lipinski definition) is 2. The zero-order chi connectivity index (χ0) is 15.2. The molecule has 2 aromatic carbocycles. The van der Waals surface area contributed by atoms with Crippen LogP contribution in [0.5, 0.6) is 0 Å². The van der Waals surface area contributed by atoms with Gasteiger partial charge in [0.25, 0.3) is 0 Å². The van der Waals surface area contributed by atoms with Crippen molar-refractivity contribution < 1.29 is 4.79 Å².